The van der Waals surface area contributed by atoms with Crippen molar-refractivity contribution in [2.75, 3.05) is 0 Å². The number of hydrogen-bond acceptors (Lipinski definition) is 0. The van der Waals surface area contributed by atoms with Crippen LogP contribution in [-0.2, 0) is 10.8 Å². The molecular weight excluding hydrogens is 673 g/mol. The van der Waals surface area contributed by atoms with E-state index in [0.717, 1.165) is 60.5 Å². The monoisotopic (exact) mass is 719 g/mol. The maximum absolute atomic E-state index is 9.24. The van der Waals surface area contributed by atoms with Gasteiger partial charge < -0.3 is 0 Å². The van der Waals surface area contributed by atoms with E-state index < -0.39 is 6.04 Å². The molecule has 9 aromatic carbocycles. The van der Waals surface area contributed by atoms with E-state index >= 15 is 0 Å². The van der Waals surface area contributed by atoms with Gasteiger partial charge in [0, 0.05) is 10.8 Å². The minimum Gasteiger partial charge on any atom is -0.0622 e. The quantitative estimate of drug-likeness (QED) is 0.159. The SMILES string of the molecule is [2H]c1c([2H])c([2H])c(-c2c3ccccc3c(-c3ccc(-c4cccc5c4-c4ccccc4C5(C)C)cc3)c3cc4c(cc23)C(C)(C)c2ccc(-c3ccccc3)cc2-4)c([2H])c1[2H]. The van der Waals surface area contributed by atoms with Crippen molar-refractivity contribution in [2.24, 2.45) is 0 Å². The molecule has 0 heteroatoms. The Balaban J connectivity index is 1.20. The standard InChI is InChI=1S/C56H42/c1-55(2)48-24-14-13-22-43(48)54-40(23-15-25-50(54)55)36-26-28-38(29-27-36)53-42-21-12-11-20-41(42)52(37-18-9-6-10-19-37)47-34-51-45(33-46(47)53)44-32-39(35-16-7-5-8-17-35)30-31-49(44)56(51,3)4/h5-34H,1-4H3/i6D,9D,10D,18D,19D. The van der Waals surface area contributed by atoms with E-state index in [0.29, 0.717) is 5.56 Å². The topological polar surface area (TPSA) is 0 Å². The zero-order valence-electron chi connectivity index (χ0n) is 36.9. The Morgan fingerprint density at radius 3 is 1.64 bits per heavy atom. The number of fused-ring (bicyclic) bond motifs is 8. The van der Waals surface area contributed by atoms with Crippen LogP contribution < -0.4 is 0 Å². The molecule has 0 saturated heterocycles. The summed E-state index contributed by atoms with van der Waals surface area (Å²) in [7, 11) is 0. The van der Waals surface area contributed by atoms with Gasteiger partial charge in [-0.2, -0.15) is 0 Å². The lowest BCUT2D eigenvalue weighted by Gasteiger charge is -2.24. The van der Waals surface area contributed by atoms with Gasteiger partial charge in [-0.1, -0.05) is 191 Å². The van der Waals surface area contributed by atoms with Crippen LogP contribution in [-0.4, -0.2) is 0 Å². The van der Waals surface area contributed by atoms with Gasteiger partial charge in [-0.15, -0.1) is 0 Å². The number of hydrogen-bond donors (Lipinski definition) is 0. The van der Waals surface area contributed by atoms with Crippen LogP contribution >= 0.6 is 0 Å². The molecular formula is C56H42. The fraction of sp³-hybridized carbons (Fsp3) is 0.107. The van der Waals surface area contributed by atoms with Crippen molar-refractivity contribution in [2.45, 2.75) is 38.5 Å². The van der Waals surface area contributed by atoms with Crippen molar-refractivity contribution in [1.82, 2.24) is 0 Å². The number of benzene rings is 9. The second-order valence-electron chi connectivity index (χ2n) is 16.5. The Morgan fingerprint density at radius 2 is 0.875 bits per heavy atom. The van der Waals surface area contributed by atoms with Crippen molar-refractivity contribution in [3.63, 3.8) is 0 Å². The molecule has 0 N–H and O–H groups in total. The zero-order valence-corrected chi connectivity index (χ0v) is 31.9. The van der Waals surface area contributed by atoms with Crippen LogP contribution in [0, 0.1) is 0 Å². The average Bonchev–Trinajstić information content (AvgIpc) is 3.66. The van der Waals surface area contributed by atoms with E-state index in [9.17, 15) is 2.74 Å². The molecule has 0 aliphatic heterocycles. The highest BCUT2D eigenvalue weighted by Gasteiger charge is 2.38. The van der Waals surface area contributed by atoms with Crippen molar-refractivity contribution < 1.29 is 6.85 Å². The fourth-order valence-corrected chi connectivity index (χ4v) is 10.00. The maximum atomic E-state index is 9.24. The van der Waals surface area contributed by atoms with Gasteiger partial charge in [0.1, 0.15) is 0 Å². The molecule has 0 radical (unpaired) electrons. The largest absolute Gasteiger partial charge is 0.0629 e. The first-order valence-electron chi connectivity index (χ1n) is 22.0. The van der Waals surface area contributed by atoms with Gasteiger partial charge in [-0.3, -0.25) is 0 Å². The Morgan fingerprint density at radius 1 is 0.321 bits per heavy atom. The Hall–Kier alpha value is -6.50. The molecule has 0 heterocycles. The third kappa shape index (κ3) is 4.66. The summed E-state index contributed by atoms with van der Waals surface area (Å²) in [6, 6.07) is 52.9. The third-order valence-electron chi connectivity index (χ3n) is 12.8. The highest BCUT2D eigenvalue weighted by atomic mass is 14.4. The summed E-state index contributed by atoms with van der Waals surface area (Å²) in [6.45, 7) is 9.15. The zero-order chi connectivity index (χ0) is 42.1. The van der Waals surface area contributed by atoms with E-state index in [1.165, 1.54) is 38.9 Å². The van der Waals surface area contributed by atoms with Crippen LogP contribution in [0.15, 0.2) is 182 Å². The van der Waals surface area contributed by atoms with E-state index in [4.69, 9.17) is 4.11 Å². The summed E-state index contributed by atoms with van der Waals surface area (Å²) >= 11 is 0. The summed E-state index contributed by atoms with van der Waals surface area (Å²) in [5, 5.41) is 3.62. The third-order valence-corrected chi connectivity index (χ3v) is 12.8. The summed E-state index contributed by atoms with van der Waals surface area (Å²) in [6.07, 6.45) is 0. The van der Waals surface area contributed by atoms with Gasteiger partial charge in [0.05, 0.1) is 6.85 Å². The van der Waals surface area contributed by atoms with Crippen LogP contribution in [0.2, 0.25) is 0 Å². The second-order valence-corrected chi connectivity index (χ2v) is 16.5. The van der Waals surface area contributed by atoms with Crippen molar-refractivity contribution >= 4 is 21.5 Å². The Bertz CT molecular complexity index is 3310. The van der Waals surface area contributed by atoms with E-state index in [1.54, 1.807) is 0 Å². The van der Waals surface area contributed by atoms with Crippen LogP contribution in [0.3, 0.4) is 0 Å². The Labute approximate surface area is 336 Å². The molecule has 2 aliphatic rings. The van der Waals surface area contributed by atoms with Gasteiger partial charge in [-0.25, -0.2) is 0 Å². The van der Waals surface area contributed by atoms with Crippen molar-refractivity contribution in [3.05, 3.63) is 204 Å². The van der Waals surface area contributed by atoms with Crippen LogP contribution in [0.25, 0.3) is 88.3 Å². The fourth-order valence-electron chi connectivity index (χ4n) is 10.00. The molecule has 0 aromatic heterocycles. The highest BCUT2D eigenvalue weighted by molar-refractivity contribution is 6.22. The second kappa shape index (κ2) is 12.0. The molecule has 11 rings (SSSR count). The van der Waals surface area contributed by atoms with Gasteiger partial charge >= 0.3 is 0 Å². The normalized spacial score (nSPS) is 15.6. The first-order chi connectivity index (χ1) is 29.4. The molecule has 0 unspecified atom stereocenters. The minimum atomic E-state index is -0.396. The lowest BCUT2D eigenvalue weighted by atomic mass is 9.79. The minimum absolute atomic E-state index is 0.100. The molecule has 56 heavy (non-hydrogen) atoms. The molecule has 0 bridgehead atoms. The van der Waals surface area contributed by atoms with Gasteiger partial charge in [0.25, 0.3) is 0 Å². The lowest BCUT2D eigenvalue weighted by Crippen LogP contribution is -2.15. The van der Waals surface area contributed by atoms with Crippen LogP contribution in [0.1, 0.15) is 56.8 Å². The first kappa shape index (κ1) is 28.0. The average molecular weight is 720 g/mol. The van der Waals surface area contributed by atoms with Crippen molar-refractivity contribution in [3.8, 4) is 66.8 Å². The number of rotatable bonds is 4. The molecule has 0 amide bonds. The highest BCUT2D eigenvalue weighted by Crippen LogP contribution is 2.55. The van der Waals surface area contributed by atoms with Gasteiger partial charge in [-0.05, 0) is 129 Å². The summed E-state index contributed by atoms with van der Waals surface area (Å²) in [4.78, 5) is 0. The van der Waals surface area contributed by atoms with Crippen LogP contribution in [0.4, 0.5) is 0 Å². The first-order valence-corrected chi connectivity index (χ1v) is 19.5. The Kier molecular flexibility index (Phi) is 6.00. The maximum Gasteiger partial charge on any atom is 0.0629 e. The summed E-state index contributed by atoms with van der Waals surface area (Å²) in [5.41, 5.74) is 17.1. The van der Waals surface area contributed by atoms with Crippen molar-refractivity contribution in [1.29, 1.82) is 0 Å². The molecule has 266 valence electrons. The molecule has 0 spiro atoms. The summed E-state index contributed by atoms with van der Waals surface area (Å²) < 4.78 is 44.4. The van der Waals surface area contributed by atoms with E-state index in [1.807, 2.05) is 24.3 Å². The molecule has 9 aromatic rings. The summed E-state index contributed by atoms with van der Waals surface area (Å²) in [5.74, 6) is 0. The van der Waals surface area contributed by atoms with Gasteiger partial charge in [0.15, 0.2) is 0 Å². The molecule has 2 aliphatic carbocycles. The molecule has 0 fully saturated rings. The molecule has 0 saturated carbocycles. The van der Waals surface area contributed by atoms with E-state index in [2.05, 4.69) is 155 Å². The predicted octanol–water partition coefficient (Wildman–Crippen LogP) is 15.3. The molecule has 0 nitrogen and oxygen atoms in total. The van der Waals surface area contributed by atoms with Crippen LogP contribution in [0.5, 0.6) is 0 Å². The smallest absolute Gasteiger partial charge is 0.0622 e. The lowest BCUT2D eigenvalue weighted by molar-refractivity contribution is 0.660. The molecule has 0 atom stereocenters. The van der Waals surface area contributed by atoms with Gasteiger partial charge in [0.2, 0.25) is 0 Å². The predicted molar refractivity (Wildman–Crippen MR) is 238 cm³/mol. The van der Waals surface area contributed by atoms with E-state index in [-0.39, 0.29) is 40.6 Å².